The summed E-state index contributed by atoms with van der Waals surface area (Å²) in [5, 5.41) is 0. The number of allylic oxidation sites excluding steroid dienone is 4. The van der Waals surface area contributed by atoms with Crippen LogP contribution < -0.4 is 0 Å². The summed E-state index contributed by atoms with van der Waals surface area (Å²) in [5.41, 5.74) is 7.40. The maximum atomic E-state index is 10.2. The van der Waals surface area contributed by atoms with Crippen LogP contribution in [-0.4, -0.2) is 5.78 Å². The number of hydrogen-bond acceptors (Lipinski definition) is 1. The molecule has 1 aromatic rings. The van der Waals surface area contributed by atoms with Gasteiger partial charge in [0, 0.05) is 12.8 Å². The monoisotopic (exact) mass is 312 g/mol. The Labute approximate surface area is 142 Å². The summed E-state index contributed by atoms with van der Waals surface area (Å²) in [5.74, 6) is 0.343. The van der Waals surface area contributed by atoms with Gasteiger partial charge in [-0.3, -0.25) is 4.79 Å². The summed E-state index contributed by atoms with van der Waals surface area (Å²) >= 11 is 0. The van der Waals surface area contributed by atoms with E-state index in [0.717, 1.165) is 6.42 Å². The second kappa shape index (κ2) is 8.29. The molecule has 23 heavy (non-hydrogen) atoms. The third-order valence-corrected chi connectivity index (χ3v) is 4.54. The first-order valence-corrected chi connectivity index (χ1v) is 8.70. The van der Waals surface area contributed by atoms with Gasteiger partial charge in [-0.1, -0.05) is 70.5 Å². The molecule has 0 N–H and O–H groups in total. The molecule has 0 aromatic heterocycles. The quantitative estimate of drug-likeness (QED) is 0.624. The lowest BCUT2D eigenvalue weighted by molar-refractivity contribution is -0.118. The second-order valence-electron chi connectivity index (χ2n) is 7.27. The summed E-state index contributed by atoms with van der Waals surface area (Å²) in [6, 6.07) is 9.07. The van der Waals surface area contributed by atoms with E-state index in [0.29, 0.717) is 18.6 Å². The standard InChI is InChI=1S/C17H22.C5H10O/c1-12-6-11-16(13(12)2)14-7-9-15(10-8-14)17(3,4)5;1-3-5(6)4-2/h6-10H,11H2,1-5H3;3-4H2,1-2H3. The minimum Gasteiger partial charge on any atom is -0.300 e. The molecule has 0 saturated heterocycles. The molecule has 0 unspecified atom stereocenters. The van der Waals surface area contributed by atoms with Gasteiger partial charge in [-0.25, -0.2) is 0 Å². The summed E-state index contributed by atoms with van der Waals surface area (Å²) in [4.78, 5) is 10.2. The van der Waals surface area contributed by atoms with E-state index in [1.807, 2.05) is 13.8 Å². The number of hydrogen-bond donors (Lipinski definition) is 0. The molecule has 1 aliphatic rings. The molecule has 1 aliphatic carbocycles. The third kappa shape index (κ3) is 5.49. The first-order chi connectivity index (χ1) is 10.7. The molecule has 1 heteroatoms. The first kappa shape index (κ1) is 19.4. The molecule has 126 valence electrons. The van der Waals surface area contributed by atoms with Gasteiger partial charge in [0.05, 0.1) is 0 Å². The van der Waals surface area contributed by atoms with E-state index in [1.54, 1.807) is 0 Å². The van der Waals surface area contributed by atoms with Crippen LogP contribution in [-0.2, 0) is 10.2 Å². The van der Waals surface area contributed by atoms with Gasteiger partial charge in [0.15, 0.2) is 0 Å². The topological polar surface area (TPSA) is 17.1 Å². The van der Waals surface area contributed by atoms with Crippen LogP contribution in [0.4, 0.5) is 0 Å². The zero-order chi connectivity index (χ0) is 17.6. The number of rotatable bonds is 3. The summed E-state index contributed by atoms with van der Waals surface area (Å²) in [7, 11) is 0. The molecule has 0 bridgehead atoms. The van der Waals surface area contributed by atoms with Gasteiger partial charge in [0.2, 0.25) is 0 Å². The highest BCUT2D eigenvalue weighted by Gasteiger charge is 2.15. The number of ketones is 1. The zero-order valence-corrected chi connectivity index (χ0v) is 15.9. The Kier molecular flexibility index (Phi) is 7.00. The van der Waals surface area contributed by atoms with Crippen molar-refractivity contribution in [1.29, 1.82) is 0 Å². The average Bonchev–Trinajstić information content (AvgIpc) is 2.86. The molecule has 0 fully saturated rings. The molecule has 0 amide bonds. The molecular formula is C22H32O. The van der Waals surface area contributed by atoms with Crippen molar-refractivity contribution in [3.8, 4) is 0 Å². The molecule has 0 saturated carbocycles. The minimum atomic E-state index is 0.242. The number of benzene rings is 1. The zero-order valence-electron chi connectivity index (χ0n) is 15.9. The smallest absolute Gasteiger partial charge is 0.132 e. The van der Waals surface area contributed by atoms with Crippen molar-refractivity contribution in [2.24, 2.45) is 0 Å². The van der Waals surface area contributed by atoms with Crippen LogP contribution in [0.3, 0.4) is 0 Å². The molecule has 1 aromatic carbocycles. The van der Waals surface area contributed by atoms with Crippen molar-refractivity contribution in [2.75, 3.05) is 0 Å². The van der Waals surface area contributed by atoms with Crippen LogP contribution in [0.2, 0.25) is 0 Å². The molecule has 0 atom stereocenters. The fourth-order valence-corrected chi connectivity index (χ4v) is 2.56. The summed E-state index contributed by atoms with van der Waals surface area (Å²) in [6.45, 7) is 15.0. The highest BCUT2D eigenvalue weighted by atomic mass is 16.1. The highest BCUT2D eigenvalue weighted by molar-refractivity contribution is 5.77. The van der Waals surface area contributed by atoms with Crippen molar-refractivity contribution in [3.05, 3.63) is 52.6 Å². The van der Waals surface area contributed by atoms with Gasteiger partial charge in [-0.15, -0.1) is 0 Å². The van der Waals surface area contributed by atoms with Crippen LogP contribution in [0.25, 0.3) is 5.57 Å². The first-order valence-electron chi connectivity index (χ1n) is 8.70. The van der Waals surface area contributed by atoms with E-state index in [9.17, 15) is 4.79 Å². The molecule has 1 nitrogen and oxygen atoms in total. The Morgan fingerprint density at radius 1 is 1.00 bits per heavy atom. The Hall–Kier alpha value is -1.63. The van der Waals surface area contributed by atoms with Gasteiger partial charge in [0.1, 0.15) is 5.78 Å². The van der Waals surface area contributed by atoms with Crippen LogP contribution in [0.15, 0.2) is 41.5 Å². The number of carbonyl (C=O) groups excluding carboxylic acids is 1. The van der Waals surface area contributed by atoms with Crippen molar-refractivity contribution in [3.63, 3.8) is 0 Å². The second-order valence-corrected chi connectivity index (χ2v) is 7.27. The van der Waals surface area contributed by atoms with E-state index in [4.69, 9.17) is 0 Å². The normalized spacial score (nSPS) is 14.3. The van der Waals surface area contributed by atoms with Gasteiger partial charge in [-0.05, 0) is 48.0 Å². The van der Waals surface area contributed by atoms with Crippen LogP contribution in [0.5, 0.6) is 0 Å². The fourth-order valence-electron chi connectivity index (χ4n) is 2.56. The van der Waals surface area contributed by atoms with E-state index < -0.39 is 0 Å². The lowest BCUT2D eigenvalue weighted by atomic mass is 9.86. The van der Waals surface area contributed by atoms with Crippen molar-refractivity contribution >= 4 is 11.4 Å². The van der Waals surface area contributed by atoms with Gasteiger partial charge < -0.3 is 0 Å². The summed E-state index contributed by atoms with van der Waals surface area (Å²) in [6.07, 6.45) is 4.79. The maximum absolute atomic E-state index is 10.2. The molecule has 0 radical (unpaired) electrons. The van der Waals surface area contributed by atoms with Crippen molar-refractivity contribution in [2.45, 2.75) is 73.1 Å². The minimum absolute atomic E-state index is 0.242. The predicted octanol–water partition coefficient (Wildman–Crippen LogP) is 6.48. The summed E-state index contributed by atoms with van der Waals surface area (Å²) < 4.78 is 0. The lowest BCUT2D eigenvalue weighted by Crippen LogP contribution is -2.10. The SMILES string of the molecule is CC1=CCC(c2ccc(C(C)(C)C)cc2)=C1C.CCC(=O)CC. The average molecular weight is 312 g/mol. The maximum Gasteiger partial charge on any atom is 0.132 e. The number of carbonyl (C=O) groups is 1. The van der Waals surface area contributed by atoms with Gasteiger partial charge >= 0.3 is 0 Å². The molecule has 0 heterocycles. The largest absolute Gasteiger partial charge is 0.300 e. The highest BCUT2D eigenvalue weighted by Crippen LogP contribution is 2.34. The Balaban J connectivity index is 0.000000379. The van der Waals surface area contributed by atoms with E-state index in [-0.39, 0.29) is 5.41 Å². The fraction of sp³-hybridized carbons (Fsp3) is 0.500. The Morgan fingerprint density at radius 2 is 1.52 bits per heavy atom. The Morgan fingerprint density at radius 3 is 1.83 bits per heavy atom. The van der Waals surface area contributed by atoms with Crippen LogP contribution in [0.1, 0.15) is 78.9 Å². The van der Waals surface area contributed by atoms with E-state index in [1.165, 1.54) is 27.8 Å². The predicted molar refractivity (Wildman–Crippen MR) is 102 cm³/mol. The van der Waals surface area contributed by atoms with Crippen molar-refractivity contribution in [1.82, 2.24) is 0 Å². The molecule has 0 aliphatic heterocycles. The van der Waals surface area contributed by atoms with E-state index in [2.05, 4.69) is 65.0 Å². The van der Waals surface area contributed by atoms with Crippen LogP contribution >= 0.6 is 0 Å². The Bertz CT molecular complexity index is 586. The molecular weight excluding hydrogens is 280 g/mol. The van der Waals surface area contributed by atoms with Gasteiger partial charge in [0.25, 0.3) is 0 Å². The third-order valence-electron chi connectivity index (χ3n) is 4.54. The molecule has 2 rings (SSSR count). The van der Waals surface area contributed by atoms with Crippen LogP contribution in [0, 0.1) is 0 Å². The molecule has 0 spiro atoms. The lowest BCUT2D eigenvalue weighted by Gasteiger charge is -2.19. The van der Waals surface area contributed by atoms with E-state index >= 15 is 0 Å². The van der Waals surface area contributed by atoms with Crippen molar-refractivity contribution < 1.29 is 4.79 Å². The van der Waals surface area contributed by atoms with Gasteiger partial charge in [-0.2, -0.15) is 0 Å². The number of Topliss-reactive ketones (excluding diaryl/α,β-unsaturated/α-hetero) is 1.